The Morgan fingerprint density at radius 3 is 2.64 bits per heavy atom. The van der Waals surface area contributed by atoms with E-state index in [-0.39, 0.29) is 5.91 Å². The Kier molecular flexibility index (Phi) is 7.53. The van der Waals surface area contributed by atoms with Crippen LogP contribution in [-0.4, -0.2) is 56.7 Å². The smallest absolute Gasteiger partial charge is 0.222 e. The van der Waals surface area contributed by atoms with E-state index in [1.165, 1.54) is 0 Å². The van der Waals surface area contributed by atoms with Gasteiger partial charge in [0.2, 0.25) is 5.91 Å². The molecule has 33 heavy (non-hydrogen) atoms. The first kappa shape index (κ1) is 23.1. The Morgan fingerprint density at radius 2 is 1.91 bits per heavy atom. The monoisotopic (exact) mass is 462 g/mol. The Balaban J connectivity index is 1.25. The predicted molar refractivity (Wildman–Crippen MR) is 130 cm³/mol. The molecule has 1 aliphatic rings. The van der Waals surface area contributed by atoms with Crippen LogP contribution in [0.4, 0.5) is 0 Å². The van der Waals surface area contributed by atoms with Gasteiger partial charge in [-0.2, -0.15) is 10.4 Å². The van der Waals surface area contributed by atoms with Crippen molar-refractivity contribution >= 4 is 17.2 Å². The number of hydrogen-bond donors (Lipinski definition) is 0. The molecule has 3 heterocycles. The van der Waals surface area contributed by atoms with Crippen molar-refractivity contribution in [1.82, 2.24) is 24.6 Å². The van der Waals surface area contributed by atoms with Crippen LogP contribution in [0.1, 0.15) is 35.5 Å². The van der Waals surface area contributed by atoms with Gasteiger partial charge in [-0.05, 0) is 25.8 Å². The largest absolute Gasteiger partial charge is 0.340 e. The molecule has 0 saturated carbocycles. The molecule has 0 radical (unpaired) electrons. The average molecular weight is 463 g/mol. The molecule has 7 nitrogen and oxygen atoms in total. The number of benzene rings is 1. The summed E-state index contributed by atoms with van der Waals surface area (Å²) in [5, 5.41) is 16.6. The molecule has 1 aromatic carbocycles. The highest BCUT2D eigenvalue weighted by Crippen LogP contribution is 2.24. The molecule has 2 aromatic heterocycles. The average Bonchev–Trinajstić information content (AvgIpc) is 3.41. The molecule has 0 aliphatic carbocycles. The van der Waals surface area contributed by atoms with Crippen molar-refractivity contribution in [1.29, 1.82) is 5.26 Å². The van der Waals surface area contributed by atoms with Crippen molar-refractivity contribution in [3.63, 3.8) is 0 Å². The Labute approximate surface area is 199 Å². The van der Waals surface area contributed by atoms with Gasteiger partial charge in [0, 0.05) is 55.8 Å². The number of hydrogen-bond acceptors (Lipinski definition) is 6. The summed E-state index contributed by atoms with van der Waals surface area (Å²) in [6.45, 7) is 8.69. The number of carbonyl (C=O) groups is 1. The number of aryl methyl sites for hydroxylation is 2. The van der Waals surface area contributed by atoms with Crippen LogP contribution in [0.25, 0.3) is 10.6 Å². The minimum Gasteiger partial charge on any atom is -0.340 e. The van der Waals surface area contributed by atoms with Crippen LogP contribution in [0.3, 0.4) is 0 Å². The Bertz CT molecular complexity index is 1120. The third-order valence-corrected chi connectivity index (χ3v) is 7.18. The SMILES string of the molecule is Cc1nn(CCC#N)c(C)c1CCC(=O)N1CCN(Cc2csc(-c3ccccc3)n2)CC1. The standard InChI is InChI=1S/C25H30N6OS/c1-19-23(20(2)31(28-19)12-6-11-26)9-10-24(32)30-15-13-29(14-16-30)17-22-18-33-25(27-22)21-7-4-3-5-8-21/h3-5,7-8,18H,6,9-10,12-17H2,1-2H3. The maximum atomic E-state index is 12.8. The van der Waals surface area contributed by atoms with Gasteiger partial charge in [-0.15, -0.1) is 11.3 Å². The minimum atomic E-state index is 0.207. The molecule has 0 spiro atoms. The van der Waals surface area contributed by atoms with Crippen molar-refractivity contribution < 1.29 is 4.79 Å². The first-order valence-corrected chi connectivity index (χ1v) is 12.3. The van der Waals surface area contributed by atoms with Gasteiger partial charge in [0.15, 0.2) is 0 Å². The summed E-state index contributed by atoms with van der Waals surface area (Å²) < 4.78 is 1.89. The maximum absolute atomic E-state index is 12.8. The van der Waals surface area contributed by atoms with Gasteiger partial charge in [-0.1, -0.05) is 30.3 Å². The molecule has 0 unspecified atom stereocenters. The number of nitrogens with zero attached hydrogens (tertiary/aromatic N) is 6. The summed E-state index contributed by atoms with van der Waals surface area (Å²) in [6, 6.07) is 12.4. The van der Waals surface area contributed by atoms with Gasteiger partial charge in [0.25, 0.3) is 0 Å². The first-order chi connectivity index (χ1) is 16.0. The fourth-order valence-electron chi connectivity index (χ4n) is 4.34. The lowest BCUT2D eigenvalue weighted by atomic mass is 10.1. The van der Waals surface area contributed by atoms with Crippen molar-refractivity contribution in [3.8, 4) is 16.6 Å². The van der Waals surface area contributed by atoms with Gasteiger partial charge < -0.3 is 4.90 Å². The number of rotatable bonds is 8. The summed E-state index contributed by atoms with van der Waals surface area (Å²) in [7, 11) is 0. The molecule has 3 aromatic rings. The number of carbonyl (C=O) groups excluding carboxylic acids is 1. The molecule has 1 amide bonds. The fraction of sp³-hybridized carbons (Fsp3) is 0.440. The van der Waals surface area contributed by atoms with E-state index in [0.717, 1.165) is 65.9 Å². The molecule has 0 atom stereocenters. The molecule has 0 N–H and O–H groups in total. The Hall–Kier alpha value is -3.02. The molecular weight excluding hydrogens is 432 g/mol. The number of aromatic nitrogens is 3. The van der Waals surface area contributed by atoms with Crippen LogP contribution in [0.5, 0.6) is 0 Å². The highest BCUT2D eigenvalue weighted by atomic mass is 32.1. The van der Waals surface area contributed by atoms with Gasteiger partial charge in [0.05, 0.1) is 30.4 Å². The van der Waals surface area contributed by atoms with E-state index < -0.39 is 0 Å². The molecule has 0 bridgehead atoms. The second kappa shape index (κ2) is 10.7. The molecule has 8 heteroatoms. The van der Waals surface area contributed by atoms with Crippen LogP contribution in [0.2, 0.25) is 0 Å². The van der Waals surface area contributed by atoms with Crippen molar-refractivity contribution in [3.05, 3.63) is 58.4 Å². The van der Waals surface area contributed by atoms with Crippen LogP contribution in [-0.2, 0) is 24.3 Å². The lowest BCUT2D eigenvalue weighted by Gasteiger charge is -2.34. The van der Waals surface area contributed by atoms with Gasteiger partial charge in [-0.3, -0.25) is 14.4 Å². The van der Waals surface area contributed by atoms with Crippen molar-refractivity contribution in [2.45, 2.75) is 46.2 Å². The topological polar surface area (TPSA) is 78.0 Å². The zero-order valence-corrected chi connectivity index (χ0v) is 20.1. The fourth-order valence-corrected chi connectivity index (χ4v) is 5.15. The normalized spacial score (nSPS) is 14.4. The zero-order valence-electron chi connectivity index (χ0n) is 19.3. The second-order valence-corrected chi connectivity index (χ2v) is 9.31. The first-order valence-electron chi connectivity index (χ1n) is 11.4. The summed E-state index contributed by atoms with van der Waals surface area (Å²) in [5.74, 6) is 0.207. The molecule has 4 rings (SSSR count). The van der Waals surface area contributed by atoms with Crippen LogP contribution < -0.4 is 0 Å². The highest BCUT2D eigenvalue weighted by Gasteiger charge is 2.22. The molecular formula is C25H30N6OS. The lowest BCUT2D eigenvalue weighted by molar-refractivity contribution is -0.133. The van der Waals surface area contributed by atoms with Crippen LogP contribution >= 0.6 is 11.3 Å². The van der Waals surface area contributed by atoms with E-state index in [2.05, 4.69) is 33.6 Å². The number of amides is 1. The van der Waals surface area contributed by atoms with Gasteiger partial charge >= 0.3 is 0 Å². The van der Waals surface area contributed by atoms with E-state index in [1.54, 1.807) is 11.3 Å². The third-order valence-electron chi connectivity index (χ3n) is 6.24. The summed E-state index contributed by atoms with van der Waals surface area (Å²) in [4.78, 5) is 22.0. The second-order valence-electron chi connectivity index (χ2n) is 8.45. The molecule has 1 saturated heterocycles. The van der Waals surface area contributed by atoms with Gasteiger partial charge in [-0.25, -0.2) is 4.98 Å². The van der Waals surface area contributed by atoms with E-state index in [1.807, 2.05) is 41.6 Å². The summed E-state index contributed by atoms with van der Waals surface area (Å²) >= 11 is 1.68. The van der Waals surface area contributed by atoms with Crippen LogP contribution in [0, 0.1) is 25.2 Å². The lowest BCUT2D eigenvalue weighted by Crippen LogP contribution is -2.48. The van der Waals surface area contributed by atoms with Crippen LogP contribution in [0.15, 0.2) is 35.7 Å². The molecule has 1 aliphatic heterocycles. The summed E-state index contributed by atoms with van der Waals surface area (Å²) in [5.41, 5.74) is 5.42. The van der Waals surface area contributed by atoms with Crippen molar-refractivity contribution in [2.24, 2.45) is 0 Å². The van der Waals surface area contributed by atoms with E-state index in [4.69, 9.17) is 10.2 Å². The van der Waals surface area contributed by atoms with E-state index >= 15 is 0 Å². The maximum Gasteiger partial charge on any atom is 0.222 e. The minimum absolute atomic E-state index is 0.207. The number of nitriles is 1. The predicted octanol–water partition coefficient (Wildman–Crippen LogP) is 3.81. The van der Waals surface area contributed by atoms with Crippen molar-refractivity contribution in [2.75, 3.05) is 26.2 Å². The molecule has 172 valence electrons. The number of thiazole rings is 1. The van der Waals surface area contributed by atoms with Gasteiger partial charge in [0.1, 0.15) is 5.01 Å². The number of piperazine rings is 1. The zero-order chi connectivity index (χ0) is 23.2. The molecule has 1 fully saturated rings. The Morgan fingerprint density at radius 1 is 1.15 bits per heavy atom. The third kappa shape index (κ3) is 5.67. The highest BCUT2D eigenvalue weighted by molar-refractivity contribution is 7.13. The van der Waals surface area contributed by atoms with E-state index in [9.17, 15) is 4.79 Å². The quantitative estimate of drug-likeness (QED) is 0.509. The van der Waals surface area contributed by atoms with E-state index in [0.29, 0.717) is 25.8 Å². The summed E-state index contributed by atoms with van der Waals surface area (Å²) in [6.07, 6.45) is 1.64.